The molecular weight excluding hydrogens is 209 g/mol. The summed E-state index contributed by atoms with van der Waals surface area (Å²) in [6.07, 6.45) is 1.27. The average Bonchev–Trinajstić information content (AvgIpc) is 2.24. The average molecular weight is 220 g/mol. The first-order valence-electron chi connectivity index (χ1n) is 4.57. The van der Waals surface area contributed by atoms with E-state index in [4.69, 9.17) is 5.11 Å². The van der Waals surface area contributed by atoms with E-state index in [1.165, 1.54) is 0 Å². The fourth-order valence-electron chi connectivity index (χ4n) is 1.27. The number of hydrogen-bond acceptors (Lipinski definition) is 2. The molecule has 0 radical (unpaired) electrons. The molecule has 0 heterocycles. The summed E-state index contributed by atoms with van der Waals surface area (Å²) in [5, 5.41) is 18.2. The Morgan fingerprint density at radius 3 is 2.07 bits per heavy atom. The van der Waals surface area contributed by atoms with E-state index in [-0.39, 0.29) is 12.0 Å². The minimum absolute atomic E-state index is 0.0545. The number of halogens is 3. The van der Waals surface area contributed by atoms with E-state index in [9.17, 15) is 18.3 Å². The van der Waals surface area contributed by atoms with Crippen molar-refractivity contribution in [3.05, 3.63) is 23.0 Å². The van der Waals surface area contributed by atoms with Crippen LogP contribution in [0.5, 0.6) is 11.5 Å². The van der Waals surface area contributed by atoms with Crippen LogP contribution in [-0.4, -0.2) is 10.2 Å². The summed E-state index contributed by atoms with van der Waals surface area (Å²) in [5.41, 5.74) is -0.381. The van der Waals surface area contributed by atoms with Crippen LogP contribution in [0.4, 0.5) is 13.2 Å². The monoisotopic (exact) mass is 220 g/mol. The molecule has 0 saturated heterocycles. The lowest BCUT2D eigenvalue weighted by Crippen LogP contribution is -1.99. The van der Waals surface area contributed by atoms with E-state index in [1.54, 1.807) is 0 Å². The van der Waals surface area contributed by atoms with Gasteiger partial charge in [0.25, 0.3) is 0 Å². The summed E-state index contributed by atoms with van der Waals surface area (Å²) in [5.74, 6) is -7.10. The van der Waals surface area contributed by atoms with Crippen LogP contribution in [0.15, 0.2) is 0 Å². The lowest BCUT2D eigenvalue weighted by molar-refractivity contribution is 0.343. The third-order valence-electron chi connectivity index (χ3n) is 2.15. The number of hydrogen-bond donors (Lipinski definition) is 2. The molecule has 1 rings (SSSR count). The fourth-order valence-corrected chi connectivity index (χ4v) is 1.27. The highest BCUT2D eigenvalue weighted by Gasteiger charge is 2.23. The van der Waals surface area contributed by atoms with Crippen LogP contribution < -0.4 is 0 Å². The number of aromatic hydroxyl groups is 2. The predicted octanol–water partition coefficient (Wildman–Crippen LogP) is 2.86. The number of rotatable bonds is 3. The first-order chi connectivity index (χ1) is 7.00. The van der Waals surface area contributed by atoms with Crippen molar-refractivity contribution >= 4 is 0 Å². The second kappa shape index (κ2) is 4.42. The van der Waals surface area contributed by atoms with Gasteiger partial charge >= 0.3 is 0 Å². The third kappa shape index (κ3) is 2.00. The van der Waals surface area contributed by atoms with E-state index in [0.717, 1.165) is 0 Å². The topological polar surface area (TPSA) is 40.5 Å². The Hall–Kier alpha value is -1.39. The molecule has 0 fully saturated rings. The molecule has 84 valence electrons. The van der Waals surface area contributed by atoms with Crippen LogP contribution >= 0.6 is 0 Å². The molecule has 15 heavy (non-hydrogen) atoms. The van der Waals surface area contributed by atoms with Crippen molar-refractivity contribution in [1.29, 1.82) is 0 Å². The Kier molecular flexibility index (Phi) is 3.44. The lowest BCUT2D eigenvalue weighted by Gasteiger charge is -2.09. The molecule has 1 aromatic carbocycles. The Morgan fingerprint density at radius 2 is 1.53 bits per heavy atom. The van der Waals surface area contributed by atoms with Crippen LogP contribution in [0.25, 0.3) is 0 Å². The van der Waals surface area contributed by atoms with E-state index in [1.807, 2.05) is 6.92 Å². The largest absolute Gasteiger partial charge is 0.504 e. The second-order valence-electron chi connectivity index (χ2n) is 3.22. The zero-order valence-corrected chi connectivity index (χ0v) is 8.15. The molecule has 0 aromatic heterocycles. The van der Waals surface area contributed by atoms with Gasteiger partial charge in [0.05, 0.1) is 0 Å². The molecule has 1 aromatic rings. The summed E-state index contributed by atoms with van der Waals surface area (Å²) in [6, 6.07) is 0. The number of phenols is 2. The third-order valence-corrected chi connectivity index (χ3v) is 2.15. The molecule has 2 nitrogen and oxygen atoms in total. The van der Waals surface area contributed by atoms with Crippen molar-refractivity contribution in [2.75, 3.05) is 0 Å². The van der Waals surface area contributed by atoms with Gasteiger partial charge in [-0.2, -0.15) is 4.39 Å². The molecule has 0 aliphatic carbocycles. The van der Waals surface area contributed by atoms with Crippen LogP contribution in [0.3, 0.4) is 0 Å². The molecule has 0 aliphatic heterocycles. The van der Waals surface area contributed by atoms with Gasteiger partial charge in [-0.15, -0.1) is 0 Å². The van der Waals surface area contributed by atoms with Gasteiger partial charge in [-0.05, 0) is 12.8 Å². The lowest BCUT2D eigenvalue weighted by atomic mass is 10.1. The highest BCUT2D eigenvalue weighted by atomic mass is 19.2. The van der Waals surface area contributed by atoms with Crippen LogP contribution in [0.1, 0.15) is 25.3 Å². The smallest absolute Gasteiger partial charge is 0.207 e. The molecule has 0 saturated carbocycles. The van der Waals surface area contributed by atoms with E-state index in [0.29, 0.717) is 12.8 Å². The van der Waals surface area contributed by atoms with Gasteiger partial charge in [0.1, 0.15) is 0 Å². The van der Waals surface area contributed by atoms with Crippen molar-refractivity contribution < 1.29 is 23.4 Å². The first-order valence-corrected chi connectivity index (χ1v) is 4.57. The maximum atomic E-state index is 13.1. The first kappa shape index (κ1) is 11.7. The van der Waals surface area contributed by atoms with Gasteiger partial charge in [0, 0.05) is 5.56 Å². The Labute approximate surface area is 85.0 Å². The summed E-state index contributed by atoms with van der Waals surface area (Å²) >= 11 is 0. The maximum Gasteiger partial charge on any atom is 0.207 e. The van der Waals surface area contributed by atoms with Crippen LogP contribution in [-0.2, 0) is 6.42 Å². The fraction of sp³-hybridized carbons (Fsp3) is 0.400. The molecule has 0 atom stereocenters. The molecule has 2 N–H and O–H groups in total. The Morgan fingerprint density at radius 1 is 0.933 bits per heavy atom. The van der Waals surface area contributed by atoms with Crippen molar-refractivity contribution in [3.8, 4) is 11.5 Å². The van der Waals surface area contributed by atoms with Crippen molar-refractivity contribution in [2.24, 2.45) is 0 Å². The minimum atomic E-state index is -1.76. The van der Waals surface area contributed by atoms with Crippen LogP contribution in [0, 0.1) is 17.5 Å². The van der Waals surface area contributed by atoms with E-state index in [2.05, 4.69) is 0 Å². The number of benzene rings is 1. The predicted molar refractivity (Wildman–Crippen MR) is 48.3 cm³/mol. The highest BCUT2D eigenvalue weighted by Crippen LogP contribution is 2.36. The molecule has 0 aliphatic rings. The summed E-state index contributed by atoms with van der Waals surface area (Å²) in [4.78, 5) is 0. The van der Waals surface area contributed by atoms with Gasteiger partial charge in [-0.1, -0.05) is 13.3 Å². The van der Waals surface area contributed by atoms with Crippen molar-refractivity contribution in [3.63, 3.8) is 0 Å². The summed E-state index contributed by atoms with van der Waals surface area (Å²) in [6.45, 7) is 1.83. The number of unbranched alkanes of at least 4 members (excludes halogenated alkanes) is 1. The molecule has 0 amide bonds. The number of phenolic OH excluding ortho intramolecular Hbond substituents is 2. The van der Waals surface area contributed by atoms with Crippen molar-refractivity contribution in [2.45, 2.75) is 26.2 Å². The Balaban J connectivity index is 3.26. The van der Waals surface area contributed by atoms with E-state index < -0.39 is 29.0 Å². The molecule has 5 heteroatoms. The van der Waals surface area contributed by atoms with Gasteiger partial charge in [0.2, 0.25) is 5.82 Å². The van der Waals surface area contributed by atoms with Gasteiger partial charge in [-0.25, -0.2) is 8.78 Å². The van der Waals surface area contributed by atoms with Gasteiger partial charge < -0.3 is 10.2 Å². The highest BCUT2D eigenvalue weighted by molar-refractivity contribution is 5.47. The summed E-state index contributed by atoms with van der Waals surface area (Å²) < 4.78 is 38.7. The quantitative estimate of drug-likeness (QED) is 0.607. The Bertz CT molecular complexity index is 348. The standard InChI is InChI=1S/C10H11F3O2/c1-2-3-4-5-6(11)7(12)8(13)10(15)9(5)14/h14-15H,2-4H2,1H3. The van der Waals surface area contributed by atoms with E-state index >= 15 is 0 Å². The summed E-state index contributed by atoms with van der Waals surface area (Å²) in [7, 11) is 0. The normalized spacial score (nSPS) is 10.7. The van der Waals surface area contributed by atoms with Crippen molar-refractivity contribution in [1.82, 2.24) is 0 Å². The van der Waals surface area contributed by atoms with Crippen LogP contribution in [0.2, 0.25) is 0 Å². The zero-order valence-electron chi connectivity index (χ0n) is 8.15. The molecular formula is C10H11F3O2. The second-order valence-corrected chi connectivity index (χ2v) is 3.22. The molecule has 0 unspecified atom stereocenters. The molecule has 0 spiro atoms. The molecule has 0 bridgehead atoms. The zero-order chi connectivity index (χ0) is 11.6. The SMILES string of the molecule is CCCCc1c(O)c(O)c(F)c(F)c1F. The van der Waals surface area contributed by atoms with Gasteiger partial charge in [-0.3, -0.25) is 0 Å². The maximum absolute atomic E-state index is 13.1. The van der Waals surface area contributed by atoms with Gasteiger partial charge in [0.15, 0.2) is 23.1 Å². The minimum Gasteiger partial charge on any atom is -0.504 e.